The lowest BCUT2D eigenvalue weighted by atomic mass is 9.69. The lowest BCUT2D eigenvalue weighted by molar-refractivity contribution is 0.186. The van der Waals surface area contributed by atoms with E-state index < -0.39 is 11.8 Å². The molecule has 236 valence electrons. The van der Waals surface area contributed by atoms with E-state index in [-0.39, 0.29) is 0 Å². The van der Waals surface area contributed by atoms with E-state index in [4.69, 9.17) is 9.40 Å². The number of hydrogen-bond acceptors (Lipinski definition) is 2. The van der Waals surface area contributed by atoms with Gasteiger partial charge in [-0.05, 0) is 96.2 Å². The Kier molecular flexibility index (Phi) is 7.15. The van der Waals surface area contributed by atoms with Crippen LogP contribution in [0.4, 0.5) is 0 Å². The van der Waals surface area contributed by atoms with Gasteiger partial charge >= 0.3 is 0 Å². The third-order valence-corrected chi connectivity index (χ3v) is 11.2. The average molecular weight is 611 g/mol. The standard InChI is InChI=1S/C43H48N2O/c1-27(2)36-25-32(31-23-21-30(22-24-31)29-13-6-5-7-14-29)26-37(28(3)4)41(36)45-39-19-10-9-18-38(39)44-43(45)35-17-12-16-34-33-15-8-11-20-40(33)46-42(34)35/h8-12,15-20,25-31H,5-7,13-14,21-24H2,1-4H3/i27D,28D. The van der Waals surface area contributed by atoms with E-state index in [9.17, 15) is 2.74 Å². The highest BCUT2D eigenvalue weighted by atomic mass is 16.3. The number of rotatable bonds is 6. The van der Waals surface area contributed by atoms with Gasteiger partial charge in [0.25, 0.3) is 0 Å². The Labute approximate surface area is 276 Å². The van der Waals surface area contributed by atoms with E-state index in [0.29, 0.717) is 5.92 Å². The van der Waals surface area contributed by atoms with Crippen molar-refractivity contribution >= 4 is 33.0 Å². The van der Waals surface area contributed by atoms with E-state index in [1.165, 1.54) is 63.4 Å². The van der Waals surface area contributed by atoms with Crippen molar-refractivity contribution in [2.75, 3.05) is 0 Å². The number of fused-ring (bicyclic) bond motifs is 4. The van der Waals surface area contributed by atoms with Crippen molar-refractivity contribution in [3.05, 3.63) is 95.6 Å². The Hall–Kier alpha value is -3.85. The van der Waals surface area contributed by atoms with Gasteiger partial charge in [0.15, 0.2) is 0 Å². The fourth-order valence-corrected chi connectivity index (χ4v) is 8.78. The minimum absolute atomic E-state index is 0.462. The Balaban J connectivity index is 1.33. The van der Waals surface area contributed by atoms with Gasteiger partial charge in [-0.2, -0.15) is 0 Å². The van der Waals surface area contributed by atoms with E-state index >= 15 is 0 Å². The summed E-state index contributed by atoms with van der Waals surface area (Å²) < 4.78 is 27.9. The van der Waals surface area contributed by atoms with Crippen molar-refractivity contribution in [3.8, 4) is 17.1 Å². The normalized spacial score (nSPS) is 20.8. The molecule has 0 aliphatic heterocycles. The van der Waals surface area contributed by atoms with Gasteiger partial charge in [-0.3, -0.25) is 4.57 Å². The van der Waals surface area contributed by atoms with Gasteiger partial charge < -0.3 is 4.42 Å². The van der Waals surface area contributed by atoms with Gasteiger partial charge in [0, 0.05) is 13.5 Å². The molecular weight excluding hydrogens is 560 g/mol. The number of nitrogens with zero attached hydrogens (tertiary/aromatic N) is 2. The summed E-state index contributed by atoms with van der Waals surface area (Å²) in [6, 6.07) is 27.4. The topological polar surface area (TPSA) is 31.0 Å². The first kappa shape index (κ1) is 27.3. The van der Waals surface area contributed by atoms with Gasteiger partial charge in [0.05, 0.1) is 22.3 Å². The molecule has 3 heteroatoms. The van der Waals surface area contributed by atoms with Gasteiger partial charge in [0.1, 0.15) is 17.0 Å². The predicted octanol–water partition coefficient (Wildman–Crippen LogP) is 12.7. The van der Waals surface area contributed by atoms with Crippen molar-refractivity contribution in [2.45, 2.75) is 103 Å². The van der Waals surface area contributed by atoms with Crippen molar-refractivity contribution in [1.29, 1.82) is 0 Å². The Morgan fingerprint density at radius 1 is 0.717 bits per heavy atom. The number of benzene rings is 4. The molecular formula is C43H48N2O. The molecule has 3 nitrogen and oxygen atoms in total. The highest BCUT2D eigenvalue weighted by Gasteiger charge is 2.31. The third kappa shape index (κ3) is 5.07. The predicted molar refractivity (Wildman–Crippen MR) is 193 cm³/mol. The summed E-state index contributed by atoms with van der Waals surface area (Å²) in [6.07, 6.45) is 12.1. The third-order valence-electron chi connectivity index (χ3n) is 11.2. The fraction of sp³-hybridized carbons (Fsp3) is 0.419. The number of furan rings is 1. The average Bonchev–Trinajstić information content (AvgIpc) is 3.66. The molecule has 0 amide bonds. The van der Waals surface area contributed by atoms with E-state index in [2.05, 4.69) is 65.2 Å². The summed E-state index contributed by atoms with van der Waals surface area (Å²) >= 11 is 0. The summed E-state index contributed by atoms with van der Waals surface area (Å²) in [5, 5.41) is 2.14. The van der Waals surface area contributed by atoms with E-state index in [1.807, 2.05) is 45.9 Å². The van der Waals surface area contributed by atoms with Crippen molar-refractivity contribution in [3.63, 3.8) is 0 Å². The minimum Gasteiger partial charge on any atom is -0.455 e. The first-order chi connectivity index (χ1) is 23.1. The highest BCUT2D eigenvalue weighted by Crippen LogP contribution is 2.46. The monoisotopic (exact) mass is 610 g/mol. The van der Waals surface area contributed by atoms with Crippen LogP contribution < -0.4 is 0 Å². The summed E-state index contributed by atoms with van der Waals surface area (Å²) in [5.74, 6) is 1.21. The maximum atomic E-state index is 9.57. The molecule has 6 aromatic rings. The van der Waals surface area contributed by atoms with Gasteiger partial charge in [0.2, 0.25) is 0 Å². The minimum atomic E-state index is -0.904. The Morgan fingerprint density at radius 2 is 1.37 bits per heavy atom. The zero-order valence-corrected chi connectivity index (χ0v) is 27.9. The maximum Gasteiger partial charge on any atom is 0.149 e. The molecule has 2 aliphatic rings. The zero-order valence-electron chi connectivity index (χ0n) is 29.9. The van der Waals surface area contributed by atoms with Crippen LogP contribution in [0.1, 0.15) is 123 Å². The smallest absolute Gasteiger partial charge is 0.149 e. The van der Waals surface area contributed by atoms with Crippen molar-refractivity contribution in [1.82, 2.24) is 9.55 Å². The van der Waals surface area contributed by atoms with Crippen molar-refractivity contribution < 1.29 is 7.16 Å². The molecule has 0 atom stereocenters. The Morgan fingerprint density at radius 3 is 2.11 bits per heavy atom. The lowest BCUT2D eigenvalue weighted by Crippen LogP contribution is -2.23. The van der Waals surface area contributed by atoms with Crippen LogP contribution >= 0.6 is 0 Å². The number of aromatic nitrogens is 2. The summed E-state index contributed by atoms with van der Waals surface area (Å²) in [7, 11) is 0. The van der Waals surface area contributed by atoms with Crippen LogP contribution in [0.15, 0.2) is 83.3 Å². The second-order valence-corrected chi connectivity index (χ2v) is 14.5. The van der Waals surface area contributed by atoms with Gasteiger partial charge in [-0.1, -0.05) is 114 Å². The number of imidazole rings is 1. The van der Waals surface area contributed by atoms with E-state index in [0.717, 1.165) is 73.0 Å². The highest BCUT2D eigenvalue weighted by molar-refractivity contribution is 6.09. The molecule has 2 aromatic heterocycles. The number of para-hydroxylation sites is 4. The van der Waals surface area contributed by atoms with Gasteiger partial charge in [-0.15, -0.1) is 0 Å². The second-order valence-electron chi connectivity index (χ2n) is 14.5. The largest absolute Gasteiger partial charge is 0.455 e. The van der Waals surface area contributed by atoms with E-state index in [1.54, 1.807) is 0 Å². The first-order valence-corrected chi connectivity index (χ1v) is 17.7. The summed E-state index contributed by atoms with van der Waals surface area (Å²) in [6.45, 7) is 7.98. The molecule has 4 aromatic carbocycles. The fourth-order valence-electron chi connectivity index (χ4n) is 8.78. The molecule has 0 saturated heterocycles. The quantitative estimate of drug-likeness (QED) is 0.188. The number of hydrogen-bond donors (Lipinski definition) is 0. The van der Waals surface area contributed by atoms with Gasteiger partial charge in [-0.25, -0.2) is 4.98 Å². The molecule has 2 heterocycles. The molecule has 0 unspecified atom stereocenters. The van der Waals surface area contributed by atoms with Crippen LogP contribution in [-0.4, -0.2) is 9.55 Å². The van der Waals surface area contributed by atoms with Crippen LogP contribution in [-0.2, 0) is 0 Å². The summed E-state index contributed by atoms with van der Waals surface area (Å²) in [5.41, 5.74) is 8.53. The molecule has 2 aliphatic carbocycles. The molecule has 0 bridgehead atoms. The SMILES string of the molecule is [2H]C(C)(C)c1cc(C2CCC(C3CCCCC3)CC2)cc(C([2H])(C)C)c1-n1c(-c2cccc3c2oc2ccccc23)nc2ccccc21. The zero-order chi connectivity index (χ0) is 33.2. The van der Waals surface area contributed by atoms with Crippen LogP contribution in [0, 0.1) is 11.8 Å². The molecule has 8 rings (SSSR count). The molecule has 2 fully saturated rings. The lowest BCUT2D eigenvalue weighted by Gasteiger charge is -2.36. The molecule has 0 N–H and O–H groups in total. The molecule has 46 heavy (non-hydrogen) atoms. The maximum absolute atomic E-state index is 9.57. The molecule has 0 radical (unpaired) electrons. The van der Waals surface area contributed by atoms with Crippen LogP contribution in [0.5, 0.6) is 0 Å². The van der Waals surface area contributed by atoms with Crippen LogP contribution in [0.25, 0.3) is 50.0 Å². The first-order valence-electron chi connectivity index (χ1n) is 18.7. The molecule has 2 saturated carbocycles. The summed E-state index contributed by atoms with van der Waals surface area (Å²) in [4.78, 5) is 5.27. The van der Waals surface area contributed by atoms with Crippen LogP contribution in [0.2, 0.25) is 0 Å². The Bertz CT molecular complexity index is 2080. The second kappa shape index (κ2) is 12.1. The molecule has 0 spiro atoms. The van der Waals surface area contributed by atoms with Crippen molar-refractivity contribution in [2.24, 2.45) is 11.8 Å². The van der Waals surface area contributed by atoms with Crippen LogP contribution in [0.3, 0.4) is 0 Å².